The van der Waals surface area contributed by atoms with Crippen molar-refractivity contribution < 1.29 is 29.2 Å². The number of imidazole rings is 2. The second kappa shape index (κ2) is 21.1. The molecule has 2 aliphatic heterocycles. The highest BCUT2D eigenvalue weighted by atomic mass is 16.5. The van der Waals surface area contributed by atoms with Gasteiger partial charge in [-0.15, -0.1) is 0 Å². The molecule has 2 aliphatic rings. The van der Waals surface area contributed by atoms with Gasteiger partial charge in [-0.3, -0.25) is 9.97 Å². The fraction of sp³-hybridized carbons (Fsp3) is 0.375. The zero-order valence-electron chi connectivity index (χ0n) is 46.6. The Bertz CT molecular complexity index is 3480. The van der Waals surface area contributed by atoms with E-state index in [-0.39, 0.29) is 12.1 Å². The first-order chi connectivity index (χ1) is 37.5. The number of methoxy groups -OCH3 is 2. The molecule has 2 N–H and O–H groups in total. The van der Waals surface area contributed by atoms with Crippen LogP contribution in [0.25, 0.3) is 66.4 Å². The molecule has 6 aromatic heterocycles. The van der Waals surface area contributed by atoms with Crippen molar-refractivity contribution >= 4 is 43.9 Å². The molecule has 404 valence electrons. The number of aromatic nitrogens is 8. The van der Waals surface area contributed by atoms with Crippen LogP contribution < -0.4 is 9.47 Å². The summed E-state index contributed by atoms with van der Waals surface area (Å²) in [7, 11) is 7.44. The molecule has 0 spiro atoms. The number of benzene rings is 4. The zero-order chi connectivity index (χ0) is 54.6. The van der Waals surface area contributed by atoms with Crippen LogP contribution in [0, 0.1) is 25.7 Å². The number of nitrogens with zero attached hydrogens (tertiary/aromatic N) is 8. The van der Waals surface area contributed by atoms with Crippen LogP contribution >= 0.6 is 0 Å². The summed E-state index contributed by atoms with van der Waals surface area (Å²) >= 11 is 0. The van der Waals surface area contributed by atoms with Crippen molar-refractivity contribution in [2.24, 2.45) is 25.9 Å². The van der Waals surface area contributed by atoms with Crippen LogP contribution in [0.1, 0.15) is 99.1 Å². The van der Waals surface area contributed by atoms with Gasteiger partial charge in [0.2, 0.25) is 0 Å². The number of ether oxygens (including phenoxy) is 4. The third-order valence-corrected chi connectivity index (χ3v) is 16.4. The Morgan fingerprint density at radius 2 is 0.885 bits per heavy atom. The van der Waals surface area contributed by atoms with Gasteiger partial charge in [0.1, 0.15) is 11.5 Å². The molecule has 0 aliphatic carbocycles. The van der Waals surface area contributed by atoms with E-state index >= 15 is 0 Å². The lowest BCUT2D eigenvalue weighted by atomic mass is 9.86. The summed E-state index contributed by atoms with van der Waals surface area (Å²) in [6.07, 6.45) is 11.5. The molecule has 4 aromatic carbocycles. The standard InChI is InChI=1S/2C32H36N4O3/c2*1-20-30(35(4)19-34-20)23-16-28-29(33-18-23)26-11-8-24(32(2,3)37)17-27(26)36(28)31(22-12-14-39-15-13-22)21-6-9-25(38-5)10-7-21/h2*6-11,16-19,22,31,37H,12-15H2,1-5H3. The predicted octanol–water partition coefficient (Wildman–Crippen LogP) is 12.3. The van der Waals surface area contributed by atoms with Crippen LogP contribution in [0.3, 0.4) is 0 Å². The van der Waals surface area contributed by atoms with Gasteiger partial charge in [-0.25, -0.2) is 9.97 Å². The number of rotatable bonds is 12. The van der Waals surface area contributed by atoms with E-state index < -0.39 is 11.2 Å². The van der Waals surface area contributed by atoms with E-state index in [4.69, 9.17) is 28.9 Å². The summed E-state index contributed by atoms with van der Waals surface area (Å²) in [5.74, 6) is 2.43. The molecule has 14 nitrogen and oxygen atoms in total. The quantitative estimate of drug-likeness (QED) is 0.121. The maximum atomic E-state index is 10.9. The van der Waals surface area contributed by atoms with Crippen LogP contribution in [0.15, 0.2) is 122 Å². The molecule has 0 radical (unpaired) electrons. The second-order valence-corrected chi connectivity index (χ2v) is 22.4. The number of hydrogen-bond acceptors (Lipinski definition) is 10. The predicted molar refractivity (Wildman–Crippen MR) is 308 cm³/mol. The molecule has 0 saturated carbocycles. The van der Waals surface area contributed by atoms with E-state index in [0.717, 1.165) is 153 Å². The lowest BCUT2D eigenvalue weighted by molar-refractivity contribution is 0.0551. The lowest BCUT2D eigenvalue weighted by Gasteiger charge is -2.33. The van der Waals surface area contributed by atoms with Gasteiger partial charge in [-0.2, -0.15) is 0 Å². The molecule has 8 heterocycles. The van der Waals surface area contributed by atoms with Crippen molar-refractivity contribution in [3.8, 4) is 34.0 Å². The molecule has 0 amide bonds. The average molecular weight is 1050 g/mol. The summed E-state index contributed by atoms with van der Waals surface area (Å²) in [6, 6.07) is 34.0. The summed E-state index contributed by atoms with van der Waals surface area (Å²) in [4.78, 5) is 19.1. The van der Waals surface area contributed by atoms with Gasteiger partial charge in [0.25, 0.3) is 0 Å². The normalized spacial score (nSPS) is 15.7. The Morgan fingerprint density at radius 1 is 0.513 bits per heavy atom. The van der Waals surface area contributed by atoms with Gasteiger partial charge in [-0.05, 0) is 150 Å². The highest BCUT2D eigenvalue weighted by molar-refractivity contribution is 6.08. The first kappa shape index (κ1) is 52.7. The average Bonchev–Trinajstić information content (AvgIpc) is 4.27. The number of fused-ring (bicyclic) bond motifs is 6. The van der Waals surface area contributed by atoms with Crippen molar-refractivity contribution in [2.45, 2.75) is 90.5 Å². The first-order valence-electron chi connectivity index (χ1n) is 27.3. The van der Waals surface area contributed by atoms with Crippen LogP contribution in [0.4, 0.5) is 0 Å². The van der Waals surface area contributed by atoms with Crippen LogP contribution in [-0.2, 0) is 34.8 Å². The van der Waals surface area contributed by atoms with Crippen molar-refractivity contribution in [1.29, 1.82) is 0 Å². The van der Waals surface area contributed by atoms with Crippen molar-refractivity contribution in [3.63, 3.8) is 0 Å². The molecular formula is C64H72N8O6. The van der Waals surface area contributed by atoms with Gasteiger partial charge in [-0.1, -0.05) is 48.5 Å². The van der Waals surface area contributed by atoms with E-state index in [1.54, 1.807) is 14.2 Å². The Kier molecular flexibility index (Phi) is 14.3. The fourth-order valence-electron chi connectivity index (χ4n) is 12.3. The Labute approximate surface area is 456 Å². The summed E-state index contributed by atoms with van der Waals surface area (Å²) < 4.78 is 31.6. The minimum Gasteiger partial charge on any atom is -0.497 e. The molecule has 78 heavy (non-hydrogen) atoms. The van der Waals surface area contributed by atoms with Gasteiger partial charge >= 0.3 is 0 Å². The van der Waals surface area contributed by atoms with Crippen LogP contribution in [-0.4, -0.2) is 89.1 Å². The molecule has 14 heteroatoms. The minimum absolute atomic E-state index is 0.0570. The number of pyridine rings is 2. The Morgan fingerprint density at radius 3 is 1.21 bits per heavy atom. The molecule has 2 fully saturated rings. The largest absolute Gasteiger partial charge is 0.497 e. The van der Waals surface area contributed by atoms with Crippen molar-refractivity contribution in [2.75, 3.05) is 40.6 Å². The van der Waals surface area contributed by atoms with E-state index in [0.29, 0.717) is 11.8 Å². The third kappa shape index (κ3) is 9.84. The smallest absolute Gasteiger partial charge is 0.118 e. The highest BCUT2D eigenvalue weighted by Crippen LogP contribution is 2.45. The van der Waals surface area contributed by atoms with E-state index in [9.17, 15) is 10.2 Å². The lowest BCUT2D eigenvalue weighted by Crippen LogP contribution is -2.27. The number of aryl methyl sites for hydroxylation is 4. The summed E-state index contributed by atoms with van der Waals surface area (Å²) in [5.41, 5.74) is 14.6. The van der Waals surface area contributed by atoms with Gasteiger partial charge in [0, 0.05) is 74.8 Å². The van der Waals surface area contributed by atoms with E-state index in [2.05, 4.69) is 88.9 Å². The summed E-state index contributed by atoms with van der Waals surface area (Å²) in [6.45, 7) is 14.4. The fourth-order valence-corrected chi connectivity index (χ4v) is 12.3. The number of hydrogen-bond donors (Lipinski definition) is 2. The van der Waals surface area contributed by atoms with Crippen LogP contribution in [0.5, 0.6) is 11.5 Å². The SMILES string of the molecule is COc1ccc(C(C2CCOCC2)n2c3cc(C(C)(C)O)ccc3c3ncc(-c4c(C)ncn4C)cc32)cc1.COc1ccc(C(C2CCOCC2)n2c3cc(C(C)(C)O)ccc3c3ncc(-c4c(C)ncn4C)cc32)cc1. The molecule has 2 unspecified atom stereocenters. The molecule has 2 saturated heterocycles. The summed E-state index contributed by atoms with van der Waals surface area (Å²) in [5, 5.41) is 24.0. The van der Waals surface area contributed by atoms with Crippen molar-refractivity contribution in [1.82, 2.24) is 38.2 Å². The zero-order valence-corrected chi connectivity index (χ0v) is 46.6. The van der Waals surface area contributed by atoms with Crippen molar-refractivity contribution in [3.05, 3.63) is 156 Å². The first-order valence-corrected chi connectivity index (χ1v) is 27.3. The van der Waals surface area contributed by atoms with Gasteiger partial charge in [0.05, 0.1) is 106 Å². The number of aliphatic hydroxyl groups is 2. The maximum Gasteiger partial charge on any atom is 0.118 e. The second-order valence-electron chi connectivity index (χ2n) is 22.4. The minimum atomic E-state index is -0.964. The monoisotopic (exact) mass is 1050 g/mol. The Balaban J connectivity index is 0.000000165. The van der Waals surface area contributed by atoms with E-state index in [1.807, 2.05) is 117 Å². The van der Waals surface area contributed by atoms with Crippen LogP contribution in [0.2, 0.25) is 0 Å². The maximum absolute atomic E-state index is 10.9. The third-order valence-electron chi connectivity index (χ3n) is 16.4. The van der Waals surface area contributed by atoms with E-state index in [1.165, 1.54) is 11.1 Å². The highest BCUT2D eigenvalue weighted by Gasteiger charge is 2.33. The molecule has 12 rings (SSSR count). The van der Waals surface area contributed by atoms with Gasteiger partial charge < -0.3 is 47.4 Å². The topological polar surface area (TPSA) is 149 Å². The molecule has 10 aromatic rings. The van der Waals surface area contributed by atoms with Gasteiger partial charge in [0.15, 0.2) is 0 Å². The molecule has 2 atom stereocenters. The molecule has 0 bridgehead atoms. The molecular weight excluding hydrogens is 977 g/mol. The Hall–Kier alpha value is -7.36.